The highest BCUT2D eigenvalue weighted by Gasteiger charge is 2.13. The van der Waals surface area contributed by atoms with Crippen LogP contribution in [0.2, 0.25) is 0 Å². The van der Waals surface area contributed by atoms with Gasteiger partial charge in [0.2, 0.25) is 0 Å². The number of guanidine groups is 1. The van der Waals surface area contributed by atoms with Crippen LogP contribution >= 0.6 is 24.0 Å². The van der Waals surface area contributed by atoms with Gasteiger partial charge < -0.3 is 16.0 Å². The van der Waals surface area contributed by atoms with Crippen LogP contribution < -0.4 is 11.1 Å². The molecule has 5 heteroatoms. The Kier molecular flexibility index (Phi) is 8.75. The summed E-state index contributed by atoms with van der Waals surface area (Å²) in [6.07, 6.45) is 0. The van der Waals surface area contributed by atoms with Gasteiger partial charge in [0.15, 0.2) is 5.96 Å². The number of nitrogens with zero attached hydrogens (tertiary/aromatic N) is 2. The van der Waals surface area contributed by atoms with E-state index in [0.29, 0.717) is 18.5 Å². The molecule has 19 heavy (non-hydrogen) atoms. The van der Waals surface area contributed by atoms with Crippen LogP contribution in [0.1, 0.15) is 25.5 Å². The van der Waals surface area contributed by atoms with E-state index in [1.54, 1.807) is 0 Å². The number of nitrogens with one attached hydrogen (secondary N) is 1. The summed E-state index contributed by atoms with van der Waals surface area (Å²) in [4.78, 5) is 6.56. The first-order chi connectivity index (χ1) is 8.50. The van der Waals surface area contributed by atoms with Crippen molar-refractivity contribution in [1.82, 2.24) is 10.2 Å². The third kappa shape index (κ3) is 6.77. The van der Waals surface area contributed by atoms with E-state index in [0.717, 1.165) is 0 Å². The van der Waals surface area contributed by atoms with Crippen molar-refractivity contribution in [2.45, 2.75) is 25.9 Å². The van der Waals surface area contributed by atoms with Gasteiger partial charge in [0.1, 0.15) is 0 Å². The molecule has 0 saturated heterocycles. The molecule has 108 valence electrons. The average Bonchev–Trinajstić information content (AvgIpc) is 2.29. The molecular formula is C14H25IN4. The largest absolute Gasteiger partial charge is 0.370 e. The molecule has 0 aliphatic heterocycles. The molecule has 0 aliphatic carbocycles. The fourth-order valence-electron chi connectivity index (χ4n) is 1.77. The van der Waals surface area contributed by atoms with Gasteiger partial charge in [-0.15, -0.1) is 24.0 Å². The summed E-state index contributed by atoms with van der Waals surface area (Å²) in [5, 5.41) is 3.10. The molecule has 0 spiro atoms. The van der Waals surface area contributed by atoms with E-state index < -0.39 is 0 Å². The van der Waals surface area contributed by atoms with Gasteiger partial charge in [-0.2, -0.15) is 0 Å². The van der Waals surface area contributed by atoms with Crippen molar-refractivity contribution < 1.29 is 0 Å². The van der Waals surface area contributed by atoms with E-state index >= 15 is 0 Å². The average molecular weight is 376 g/mol. The van der Waals surface area contributed by atoms with Gasteiger partial charge in [-0.3, -0.25) is 4.99 Å². The van der Waals surface area contributed by atoms with Crippen LogP contribution in [0, 0.1) is 0 Å². The lowest BCUT2D eigenvalue weighted by Crippen LogP contribution is -2.37. The summed E-state index contributed by atoms with van der Waals surface area (Å²) in [6, 6.07) is 10.9. The molecule has 0 saturated carbocycles. The normalized spacial score (nSPS) is 13.3. The SMILES string of the molecule is CC(C)NC(N)=NCC(c1ccccc1)N(C)C.I. The second kappa shape index (κ2) is 9.14. The molecule has 1 unspecified atom stereocenters. The number of aliphatic imine (C=N–C) groups is 1. The van der Waals surface area contributed by atoms with Crippen molar-refractivity contribution >= 4 is 29.9 Å². The number of hydrogen-bond acceptors (Lipinski definition) is 2. The van der Waals surface area contributed by atoms with Gasteiger partial charge in [0.05, 0.1) is 12.6 Å². The van der Waals surface area contributed by atoms with Gasteiger partial charge in [-0.25, -0.2) is 0 Å². The highest BCUT2D eigenvalue weighted by atomic mass is 127. The molecule has 0 bridgehead atoms. The van der Waals surface area contributed by atoms with Gasteiger partial charge in [0, 0.05) is 6.04 Å². The van der Waals surface area contributed by atoms with E-state index in [1.807, 2.05) is 32.0 Å². The molecule has 1 aromatic carbocycles. The maximum Gasteiger partial charge on any atom is 0.188 e. The Balaban J connectivity index is 0.00000324. The summed E-state index contributed by atoms with van der Waals surface area (Å²) in [5.41, 5.74) is 7.07. The number of benzene rings is 1. The van der Waals surface area contributed by atoms with Gasteiger partial charge in [-0.1, -0.05) is 30.3 Å². The quantitative estimate of drug-likeness (QED) is 0.471. The van der Waals surface area contributed by atoms with Crippen LogP contribution in [-0.4, -0.2) is 37.5 Å². The first-order valence-electron chi connectivity index (χ1n) is 6.28. The fourth-order valence-corrected chi connectivity index (χ4v) is 1.77. The van der Waals surface area contributed by atoms with Crippen molar-refractivity contribution in [3.63, 3.8) is 0 Å². The maximum atomic E-state index is 5.82. The lowest BCUT2D eigenvalue weighted by molar-refractivity contribution is 0.306. The second-order valence-corrected chi connectivity index (χ2v) is 4.92. The Hall–Kier alpha value is -0.820. The molecule has 4 nitrogen and oxygen atoms in total. The van der Waals surface area contributed by atoms with Crippen molar-refractivity contribution in [2.75, 3.05) is 20.6 Å². The summed E-state index contributed by atoms with van der Waals surface area (Å²) in [5.74, 6) is 0.507. The molecule has 0 amide bonds. The van der Waals surface area contributed by atoms with Crippen LogP contribution in [0.25, 0.3) is 0 Å². The minimum Gasteiger partial charge on any atom is -0.370 e. The summed E-state index contributed by atoms with van der Waals surface area (Å²) >= 11 is 0. The zero-order valence-corrected chi connectivity index (χ0v) is 14.5. The van der Waals surface area contributed by atoms with E-state index in [1.165, 1.54) is 5.56 Å². The van der Waals surface area contributed by atoms with E-state index in [9.17, 15) is 0 Å². The highest BCUT2D eigenvalue weighted by Crippen LogP contribution is 2.17. The maximum absolute atomic E-state index is 5.82. The predicted octanol–water partition coefficient (Wildman–Crippen LogP) is 2.22. The summed E-state index contributed by atoms with van der Waals surface area (Å²) in [6.45, 7) is 4.74. The standard InChI is InChI=1S/C14H24N4.HI/c1-11(2)17-14(15)16-10-13(18(3)4)12-8-6-5-7-9-12;/h5-9,11,13H,10H2,1-4H3,(H3,15,16,17);1H. The number of halogens is 1. The first-order valence-corrected chi connectivity index (χ1v) is 6.28. The second-order valence-electron chi connectivity index (χ2n) is 4.92. The van der Waals surface area contributed by atoms with Crippen LogP contribution in [0.3, 0.4) is 0 Å². The minimum absolute atomic E-state index is 0. The van der Waals surface area contributed by atoms with Crippen molar-refractivity contribution in [3.05, 3.63) is 35.9 Å². The first kappa shape index (κ1) is 18.2. The molecular weight excluding hydrogens is 351 g/mol. The Morgan fingerprint density at radius 1 is 1.26 bits per heavy atom. The third-order valence-electron chi connectivity index (χ3n) is 2.68. The Morgan fingerprint density at radius 2 is 1.84 bits per heavy atom. The molecule has 0 aromatic heterocycles. The molecule has 0 fully saturated rings. The molecule has 3 N–H and O–H groups in total. The van der Waals surface area contributed by atoms with E-state index in [2.05, 4.69) is 41.4 Å². The zero-order chi connectivity index (χ0) is 13.5. The predicted molar refractivity (Wildman–Crippen MR) is 93.0 cm³/mol. The van der Waals surface area contributed by atoms with Crippen molar-refractivity contribution in [2.24, 2.45) is 10.7 Å². The lowest BCUT2D eigenvalue weighted by atomic mass is 10.1. The van der Waals surface area contributed by atoms with Crippen LogP contribution in [-0.2, 0) is 0 Å². The lowest BCUT2D eigenvalue weighted by Gasteiger charge is -2.23. The fraction of sp³-hybridized carbons (Fsp3) is 0.500. The van der Waals surface area contributed by atoms with Crippen LogP contribution in [0.15, 0.2) is 35.3 Å². The highest BCUT2D eigenvalue weighted by molar-refractivity contribution is 14.0. The van der Waals surface area contributed by atoms with E-state index in [4.69, 9.17) is 5.73 Å². The van der Waals surface area contributed by atoms with Crippen LogP contribution in [0.4, 0.5) is 0 Å². The number of rotatable bonds is 5. The molecule has 0 radical (unpaired) electrons. The van der Waals surface area contributed by atoms with Gasteiger partial charge >= 0.3 is 0 Å². The third-order valence-corrected chi connectivity index (χ3v) is 2.68. The Bertz CT molecular complexity index is 376. The number of likely N-dealkylation sites (N-methyl/N-ethyl adjacent to an activating group) is 1. The van der Waals surface area contributed by atoms with Gasteiger partial charge in [0.25, 0.3) is 0 Å². The van der Waals surface area contributed by atoms with Crippen LogP contribution in [0.5, 0.6) is 0 Å². The van der Waals surface area contributed by atoms with Crippen molar-refractivity contribution in [1.29, 1.82) is 0 Å². The number of hydrogen-bond donors (Lipinski definition) is 2. The minimum atomic E-state index is 0. The molecule has 1 aromatic rings. The van der Waals surface area contributed by atoms with Gasteiger partial charge in [-0.05, 0) is 33.5 Å². The zero-order valence-electron chi connectivity index (χ0n) is 12.1. The van der Waals surface area contributed by atoms with Crippen molar-refractivity contribution in [3.8, 4) is 0 Å². The molecule has 1 rings (SSSR count). The topological polar surface area (TPSA) is 53.6 Å². The molecule has 1 atom stereocenters. The summed E-state index contributed by atoms with van der Waals surface area (Å²) in [7, 11) is 4.11. The monoisotopic (exact) mass is 376 g/mol. The number of nitrogens with two attached hydrogens (primary N) is 1. The smallest absolute Gasteiger partial charge is 0.188 e. The molecule has 0 heterocycles. The summed E-state index contributed by atoms with van der Waals surface area (Å²) < 4.78 is 0. The molecule has 0 aliphatic rings. The van der Waals surface area contributed by atoms with E-state index in [-0.39, 0.29) is 30.0 Å². The Morgan fingerprint density at radius 3 is 2.32 bits per heavy atom. The Labute approximate surface area is 133 Å².